The molecule has 3 heterocycles. The van der Waals surface area contributed by atoms with Crippen molar-refractivity contribution < 1.29 is 14.4 Å². The third kappa shape index (κ3) is 4.21. The third-order valence-electron chi connectivity index (χ3n) is 6.57. The summed E-state index contributed by atoms with van der Waals surface area (Å²) in [6.07, 6.45) is 5.05. The maximum Gasteiger partial charge on any atom is 0.255 e. The van der Waals surface area contributed by atoms with Crippen LogP contribution in [0.4, 0.5) is 0 Å². The van der Waals surface area contributed by atoms with Gasteiger partial charge in [0.2, 0.25) is 11.8 Å². The van der Waals surface area contributed by atoms with E-state index in [-0.39, 0.29) is 24.1 Å². The number of carbonyl (C=O) groups excluding carboxylic acids is 3. The molecule has 2 saturated heterocycles. The Morgan fingerprint density at radius 2 is 1.90 bits per heavy atom. The molecule has 3 aliphatic rings. The number of amides is 3. The van der Waals surface area contributed by atoms with E-state index in [2.05, 4.69) is 16.3 Å². The largest absolute Gasteiger partial charge is 0.330 e. The summed E-state index contributed by atoms with van der Waals surface area (Å²) in [5.74, 6) is -0.0777. The van der Waals surface area contributed by atoms with Gasteiger partial charge >= 0.3 is 0 Å². The number of piperidine rings is 2. The first-order chi connectivity index (χ1) is 14.1. The molecule has 3 aliphatic heterocycles. The van der Waals surface area contributed by atoms with E-state index in [1.54, 1.807) is 4.90 Å². The van der Waals surface area contributed by atoms with Crippen molar-refractivity contribution in [3.63, 3.8) is 0 Å². The summed E-state index contributed by atoms with van der Waals surface area (Å²) >= 11 is 0. The average molecular weight is 399 g/mol. The zero-order valence-corrected chi connectivity index (χ0v) is 16.9. The van der Waals surface area contributed by atoms with Crippen LogP contribution in [0, 0.1) is 5.92 Å². The predicted molar refractivity (Wildman–Crippen MR) is 109 cm³/mol. The maximum atomic E-state index is 13.0. The molecule has 1 aromatic rings. The van der Waals surface area contributed by atoms with Gasteiger partial charge in [0.15, 0.2) is 0 Å². The zero-order chi connectivity index (χ0) is 20.4. The van der Waals surface area contributed by atoms with Gasteiger partial charge in [-0.05, 0) is 81.4 Å². The molecule has 29 heavy (non-hydrogen) atoms. The highest BCUT2D eigenvalue weighted by Crippen LogP contribution is 2.32. The van der Waals surface area contributed by atoms with Crippen molar-refractivity contribution >= 4 is 17.7 Å². The van der Waals surface area contributed by atoms with Crippen molar-refractivity contribution in [2.75, 3.05) is 26.2 Å². The number of hydrogen-bond acceptors (Lipinski definition) is 5. The molecule has 3 N–H and O–H groups in total. The summed E-state index contributed by atoms with van der Waals surface area (Å²) in [4.78, 5) is 40.8. The topological polar surface area (TPSA) is 95.7 Å². The molecule has 2 fully saturated rings. The number of nitrogens with two attached hydrogens (primary N) is 1. The van der Waals surface area contributed by atoms with Crippen LogP contribution in [0.15, 0.2) is 18.2 Å². The molecule has 7 nitrogen and oxygen atoms in total. The van der Waals surface area contributed by atoms with E-state index < -0.39 is 6.04 Å². The van der Waals surface area contributed by atoms with Crippen molar-refractivity contribution in [3.8, 4) is 0 Å². The van der Waals surface area contributed by atoms with Gasteiger partial charge in [-0.3, -0.25) is 19.7 Å². The van der Waals surface area contributed by atoms with Crippen LogP contribution in [0.2, 0.25) is 0 Å². The van der Waals surface area contributed by atoms with E-state index in [1.807, 2.05) is 12.1 Å². The number of nitrogens with one attached hydrogen (secondary N) is 1. The van der Waals surface area contributed by atoms with Gasteiger partial charge in [-0.15, -0.1) is 0 Å². The van der Waals surface area contributed by atoms with Crippen molar-refractivity contribution in [1.29, 1.82) is 0 Å². The molecule has 0 radical (unpaired) electrons. The Hall–Kier alpha value is -2.25. The van der Waals surface area contributed by atoms with Crippen LogP contribution in [0.3, 0.4) is 0 Å². The fourth-order valence-electron chi connectivity index (χ4n) is 4.88. The Labute approximate surface area is 171 Å². The van der Waals surface area contributed by atoms with Gasteiger partial charge in [0, 0.05) is 18.5 Å². The smallest absolute Gasteiger partial charge is 0.255 e. The molecule has 0 aromatic heterocycles. The number of fused-ring (bicyclic) bond motifs is 1. The molecule has 0 bridgehead atoms. The molecule has 0 saturated carbocycles. The first-order valence-electron chi connectivity index (χ1n) is 10.7. The Balaban J connectivity index is 1.42. The van der Waals surface area contributed by atoms with Crippen LogP contribution in [0.25, 0.3) is 0 Å². The summed E-state index contributed by atoms with van der Waals surface area (Å²) in [6, 6.07) is 5.39. The number of carbonyl (C=O) groups is 3. The van der Waals surface area contributed by atoms with Crippen molar-refractivity contribution in [1.82, 2.24) is 15.1 Å². The molecule has 0 aliphatic carbocycles. The summed E-state index contributed by atoms with van der Waals surface area (Å²) in [5, 5.41) is 2.37. The summed E-state index contributed by atoms with van der Waals surface area (Å²) in [6.45, 7) is 4.52. The monoisotopic (exact) mass is 398 g/mol. The SMILES string of the molecule is NCCCN1CCC(Cc2cccc3c2CN(C2CCC(=O)NC2=O)C3=O)CC1. The zero-order valence-electron chi connectivity index (χ0n) is 16.9. The standard InChI is InChI=1S/C22H30N4O3/c23-9-2-10-25-11-7-15(8-12-25)13-16-3-1-4-17-18(16)14-26(22(17)29)19-5-6-20(27)24-21(19)28/h1,3-4,15,19H,2,5-14,23H2,(H,24,27,28). The van der Waals surface area contributed by atoms with Crippen molar-refractivity contribution in [3.05, 3.63) is 34.9 Å². The fraction of sp³-hybridized carbons (Fsp3) is 0.591. The Bertz CT molecular complexity index is 801. The highest BCUT2D eigenvalue weighted by atomic mass is 16.2. The lowest BCUT2D eigenvalue weighted by Crippen LogP contribution is -2.52. The van der Waals surface area contributed by atoms with E-state index in [0.717, 1.165) is 44.6 Å². The van der Waals surface area contributed by atoms with Crippen LogP contribution in [0.5, 0.6) is 0 Å². The molecule has 1 unspecified atom stereocenters. The van der Waals surface area contributed by atoms with Crippen LogP contribution in [0.1, 0.15) is 53.6 Å². The minimum Gasteiger partial charge on any atom is -0.330 e. The summed E-state index contributed by atoms with van der Waals surface area (Å²) in [5.41, 5.74) is 8.62. The molecule has 1 aromatic carbocycles. The van der Waals surface area contributed by atoms with Crippen LogP contribution in [-0.2, 0) is 22.6 Å². The van der Waals surface area contributed by atoms with Gasteiger partial charge in [-0.1, -0.05) is 12.1 Å². The number of likely N-dealkylation sites (tertiary alicyclic amines) is 1. The van der Waals surface area contributed by atoms with E-state index in [4.69, 9.17) is 5.73 Å². The molecular weight excluding hydrogens is 368 g/mol. The summed E-state index contributed by atoms with van der Waals surface area (Å²) in [7, 11) is 0. The number of nitrogens with zero attached hydrogens (tertiary/aromatic N) is 2. The normalized spacial score (nSPS) is 23.4. The van der Waals surface area contributed by atoms with E-state index in [0.29, 0.717) is 24.4 Å². The maximum absolute atomic E-state index is 13.0. The predicted octanol–water partition coefficient (Wildman–Crippen LogP) is 1.05. The highest BCUT2D eigenvalue weighted by Gasteiger charge is 2.39. The van der Waals surface area contributed by atoms with Gasteiger partial charge < -0.3 is 15.5 Å². The second-order valence-electron chi connectivity index (χ2n) is 8.47. The first kappa shape index (κ1) is 20.0. The molecule has 1 atom stereocenters. The Morgan fingerprint density at radius 3 is 2.62 bits per heavy atom. The second-order valence-corrected chi connectivity index (χ2v) is 8.47. The molecule has 156 valence electrons. The van der Waals surface area contributed by atoms with Gasteiger partial charge in [0.25, 0.3) is 5.91 Å². The van der Waals surface area contributed by atoms with E-state index in [9.17, 15) is 14.4 Å². The third-order valence-corrected chi connectivity index (χ3v) is 6.57. The van der Waals surface area contributed by atoms with Gasteiger partial charge in [-0.2, -0.15) is 0 Å². The number of rotatable bonds is 6. The minimum atomic E-state index is -0.550. The van der Waals surface area contributed by atoms with Gasteiger partial charge in [-0.25, -0.2) is 0 Å². The van der Waals surface area contributed by atoms with Crippen molar-refractivity contribution in [2.45, 2.75) is 51.1 Å². The van der Waals surface area contributed by atoms with Gasteiger partial charge in [0.05, 0.1) is 0 Å². The lowest BCUT2D eigenvalue weighted by molar-refractivity contribution is -0.136. The highest BCUT2D eigenvalue weighted by molar-refractivity contribution is 6.05. The molecule has 7 heteroatoms. The molecule has 3 amide bonds. The number of imide groups is 1. The first-order valence-corrected chi connectivity index (χ1v) is 10.7. The fourth-order valence-corrected chi connectivity index (χ4v) is 4.88. The van der Waals surface area contributed by atoms with E-state index in [1.165, 1.54) is 18.4 Å². The quantitative estimate of drug-likeness (QED) is 0.699. The number of hydrogen-bond donors (Lipinski definition) is 2. The van der Waals surface area contributed by atoms with Crippen LogP contribution < -0.4 is 11.1 Å². The molecular formula is C22H30N4O3. The second kappa shape index (κ2) is 8.63. The van der Waals surface area contributed by atoms with E-state index >= 15 is 0 Å². The Kier molecular flexibility index (Phi) is 5.96. The minimum absolute atomic E-state index is 0.0899. The Morgan fingerprint density at radius 1 is 1.10 bits per heavy atom. The summed E-state index contributed by atoms with van der Waals surface area (Å²) < 4.78 is 0. The van der Waals surface area contributed by atoms with Crippen LogP contribution in [-0.4, -0.2) is 59.7 Å². The van der Waals surface area contributed by atoms with Crippen LogP contribution >= 0.6 is 0 Å². The lowest BCUT2D eigenvalue weighted by Gasteiger charge is -2.32. The average Bonchev–Trinajstić information content (AvgIpc) is 3.05. The lowest BCUT2D eigenvalue weighted by atomic mass is 9.87. The number of benzene rings is 1. The molecule has 4 rings (SSSR count). The molecule has 0 spiro atoms. The van der Waals surface area contributed by atoms with Gasteiger partial charge in [0.1, 0.15) is 6.04 Å². The van der Waals surface area contributed by atoms with Crippen molar-refractivity contribution in [2.24, 2.45) is 11.7 Å².